The minimum atomic E-state index is -0.129. The Bertz CT molecular complexity index is 1530. The fraction of sp³-hybridized carbons (Fsp3) is 0.217. The minimum Gasteiger partial charge on any atom is -0.467 e. The van der Waals surface area contributed by atoms with E-state index in [0.717, 1.165) is 11.9 Å². The van der Waals surface area contributed by atoms with Crippen molar-refractivity contribution in [3.8, 4) is 0 Å². The van der Waals surface area contributed by atoms with E-state index >= 15 is 0 Å². The molecule has 166 valence electrons. The van der Waals surface area contributed by atoms with E-state index in [2.05, 4.69) is 22.3 Å². The van der Waals surface area contributed by atoms with Crippen LogP contribution in [-0.4, -0.2) is 42.3 Å². The van der Waals surface area contributed by atoms with Crippen LogP contribution in [0.1, 0.15) is 16.9 Å². The van der Waals surface area contributed by atoms with Crippen molar-refractivity contribution in [2.45, 2.75) is 24.7 Å². The van der Waals surface area contributed by atoms with Crippen LogP contribution in [0.5, 0.6) is 0 Å². The second kappa shape index (κ2) is 8.20. The fourth-order valence-electron chi connectivity index (χ4n) is 4.22. The Hall–Kier alpha value is -3.37. The molecular formula is C23H19N5O3S2. The van der Waals surface area contributed by atoms with E-state index in [1.807, 2.05) is 38.9 Å². The monoisotopic (exact) mass is 477 g/mol. The van der Waals surface area contributed by atoms with Gasteiger partial charge in [0.2, 0.25) is 11.7 Å². The summed E-state index contributed by atoms with van der Waals surface area (Å²) in [5, 5.41) is 11.1. The first-order valence-electron chi connectivity index (χ1n) is 10.5. The van der Waals surface area contributed by atoms with E-state index in [-0.39, 0.29) is 23.8 Å². The van der Waals surface area contributed by atoms with Crippen molar-refractivity contribution in [1.29, 1.82) is 0 Å². The number of thioether (sulfide) groups is 1. The van der Waals surface area contributed by atoms with Gasteiger partial charge in [-0.2, -0.15) is 0 Å². The number of aromatic nitrogens is 4. The molecule has 8 nitrogen and oxygen atoms in total. The summed E-state index contributed by atoms with van der Waals surface area (Å²) < 4.78 is 9.49. The summed E-state index contributed by atoms with van der Waals surface area (Å²) in [7, 11) is 0. The van der Waals surface area contributed by atoms with Gasteiger partial charge in [-0.25, -0.2) is 0 Å². The third-order valence-corrected chi connectivity index (χ3v) is 7.69. The number of furan rings is 1. The number of rotatable bonds is 5. The molecule has 0 saturated carbocycles. The SMILES string of the molecule is O=C(CSc1nnc2n(Cc3ccco3)c(=O)c3sccc3n12)N1CCc2ccccc2C1. The van der Waals surface area contributed by atoms with Crippen molar-refractivity contribution in [3.05, 3.63) is 81.3 Å². The van der Waals surface area contributed by atoms with Crippen LogP contribution < -0.4 is 5.56 Å². The molecule has 0 spiro atoms. The lowest BCUT2D eigenvalue weighted by Gasteiger charge is -2.28. The van der Waals surface area contributed by atoms with Crippen molar-refractivity contribution in [2.24, 2.45) is 0 Å². The Morgan fingerprint density at radius 2 is 2.00 bits per heavy atom. The molecule has 5 aromatic rings. The van der Waals surface area contributed by atoms with E-state index in [4.69, 9.17) is 4.42 Å². The molecule has 0 N–H and O–H groups in total. The van der Waals surface area contributed by atoms with E-state index in [9.17, 15) is 9.59 Å². The third-order valence-electron chi connectivity index (χ3n) is 5.88. The first-order chi connectivity index (χ1) is 16.2. The highest BCUT2D eigenvalue weighted by atomic mass is 32.2. The Balaban J connectivity index is 1.30. The lowest BCUT2D eigenvalue weighted by molar-refractivity contribution is -0.129. The Labute approximate surface area is 196 Å². The van der Waals surface area contributed by atoms with Gasteiger partial charge in [0, 0.05) is 13.1 Å². The molecule has 1 aliphatic heterocycles. The van der Waals surface area contributed by atoms with Crippen LogP contribution in [-0.2, 0) is 24.3 Å². The number of amides is 1. The molecule has 33 heavy (non-hydrogen) atoms. The van der Waals surface area contributed by atoms with Crippen LogP contribution in [0.25, 0.3) is 16.0 Å². The predicted octanol–water partition coefficient (Wildman–Crippen LogP) is 3.42. The predicted molar refractivity (Wildman–Crippen MR) is 127 cm³/mol. The first-order valence-corrected chi connectivity index (χ1v) is 12.4. The smallest absolute Gasteiger partial charge is 0.273 e. The van der Waals surface area contributed by atoms with E-state index in [0.29, 0.717) is 34.5 Å². The number of hydrogen-bond acceptors (Lipinski definition) is 7. The molecule has 0 unspecified atom stereocenters. The third kappa shape index (κ3) is 3.55. The Morgan fingerprint density at radius 3 is 2.85 bits per heavy atom. The van der Waals surface area contributed by atoms with Gasteiger partial charge in [0.1, 0.15) is 10.5 Å². The number of nitrogens with zero attached hydrogens (tertiary/aromatic N) is 5. The van der Waals surface area contributed by atoms with Gasteiger partial charge in [0.05, 0.1) is 24.1 Å². The zero-order valence-electron chi connectivity index (χ0n) is 17.5. The van der Waals surface area contributed by atoms with Gasteiger partial charge in [-0.3, -0.25) is 18.6 Å². The maximum absolute atomic E-state index is 13.1. The summed E-state index contributed by atoms with van der Waals surface area (Å²) in [5.74, 6) is 1.42. The number of benzene rings is 1. The maximum Gasteiger partial charge on any atom is 0.273 e. The molecule has 1 aliphatic rings. The molecule has 1 amide bonds. The fourth-order valence-corrected chi connectivity index (χ4v) is 5.89. The summed E-state index contributed by atoms with van der Waals surface area (Å²) in [6.07, 6.45) is 2.45. The minimum absolute atomic E-state index is 0.0664. The van der Waals surface area contributed by atoms with Gasteiger partial charge in [0.25, 0.3) is 5.56 Å². The van der Waals surface area contributed by atoms with Gasteiger partial charge in [0.15, 0.2) is 5.16 Å². The highest BCUT2D eigenvalue weighted by molar-refractivity contribution is 7.99. The van der Waals surface area contributed by atoms with Gasteiger partial charge < -0.3 is 9.32 Å². The summed E-state index contributed by atoms with van der Waals surface area (Å²) in [6.45, 7) is 1.61. The normalized spacial score (nSPS) is 13.6. The molecule has 0 aliphatic carbocycles. The van der Waals surface area contributed by atoms with Crippen LogP contribution in [0.4, 0.5) is 0 Å². The molecule has 5 heterocycles. The molecule has 1 aromatic carbocycles. The van der Waals surface area contributed by atoms with Gasteiger partial charge in [-0.1, -0.05) is 36.0 Å². The van der Waals surface area contributed by atoms with E-state index in [1.54, 1.807) is 16.9 Å². The maximum atomic E-state index is 13.1. The van der Waals surface area contributed by atoms with E-state index < -0.39 is 0 Å². The second-order valence-electron chi connectivity index (χ2n) is 7.85. The topological polar surface area (TPSA) is 85.6 Å². The van der Waals surface area contributed by atoms with Gasteiger partial charge in [-0.05, 0) is 41.1 Å². The van der Waals surface area contributed by atoms with Gasteiger partial charge >= 0.3 is 0 Å². The number of thiophene rings is 1. The molecule has 6 rings (SSSR count). The molecule has 0 radical (unpaired) electrons. The molecule has 0 saturated heterocycles. The quantitative estimate of drug-likeness (QED) is 0.361. The van der Waals surface area contributed by atoms with E-state index in [1.165, 1.54) is 34.2 Å². The summed E-state index contributed by atoms with van der Waals surface area (Å²) in [6, 6.07) is 13.8. The highest BCUT2D eigenvalue weighted by Gasteiger charge is 2.23. The van der Waals surface area contributed by atoms with Crippen LogP contribution in [0.3, 0.4) is 0 Å². The largest absolute Gasteiger partial charge is 0.467 e. The summed E-state index contributed by atoms with van der Waals surface area (Å²) in [5.41, 5.74) is 3.14. The molecule has 0 atom stereocenters. The number of fused-ring (bicyclic) bond motifs is 4. The second-order valence-corrected chi connectivity index (χ2v) is 9.70. The Morgan fingerprint density at radius 1 is 1.12 bits per heavy atom. The highest BCUT2D eigenvalue weighted by Crippen LogP contribution is 2.26. The van der Waals surface area contributed by atoms with Crippen molar-refractivity contribution in [2.75, 3.05) is 12.3 Å². The summed E-state index contributed by atoms with van der Waals surface area (Å²) in [4.78, 5) is 28.0. The Kier molecular flexibility index (Phi) is 5.03. The van der Waals surface area contributed by atoms with Crippen molar-refractivity contribution < 1.29 is 9.21 Å². The zero-order valence-corrected chi connectivity index (χ0v) is 19.1. The molecular weight excluding hydrogens is 458 g/mol. The van der Waals surface area contributed by atoms with Crippen LogP contribution >= 0.6 is 23.1 Å². The lowest BCUT2D eigenvalue weighted by atomic mass is 10.00. The van der Waals surface area contributed by atoms with Crippen LogP contribution in [0.15, 0.2) is 68.5 Å². The van der Waals surface area contributed by atoms with Crippen molar-refractivity contribution in [3.63, 3.8) is 0 Å². The lowest BCUT2D eigenvalue weighted by Crippen LogP contribution is -2.37. The zero-order chi connectivity index (χ0) is 22.4. The molecule has 0 bridgehead atoms. The standard InChI is InChI=1S/C23H19N5O3S2/c29-19(26-9-7-15-4-1-2-5-16(15)12-26)14-33-23-25-24-22-27(13-17-6-3-10-31-17)21(30)20-18(28(22)23)8-11-32-20/h1-6,8,10-11H,7,9,12-14H2. The first kappa shape index (κ1) is 20.3. The summed E-state index contributed by atoms with van der Waals surface area (Å²) >= 11 is 2.73. The number of carbonyl (C=O) groups excluding carboxylic acids is 1. The molecule has 10 heteroatoms. The van der Waals surface area contributed by atoms with Crippen LogP contribution in [0, 0.1) is 0 Å². The molecule has 4 aromatic heterocycles. The van der Waals surface area contributed by atoms with Crippen molar-refractivity contribution in [1.82, 2.24) is 24.1 Å². The van der Waals surface area contributed by atoms with Gasteiger partial charge in [-0.15, -0.1) is 21.5 Å². The van der Waals surface area contributed by atoms with Crippen LogP contribution in [0.2, 0.25) is 0 Å². The number of carbonyl (C=O) groups is 1. The molecule has 0 fully saturated rings. The van der Waals surface area contributed by atoms with Crippen molar-refractivity contribution >= 4 is 45.0 Å². The average Bonchev–Trinajstić information content (AvgIpc) is 3.60. The average molecular weight is 478 g/mol. The number of hydrogen-bond donors (Lipinski definition) is 0.